The number of hydrogen-bond acceptors (Lipinski definition) is 4. The molecule has 2 rings (SSSR count). The lowest BCUT2D eigenvalue weighted by Gasteiger charge is -2.11. The third-order valence-electron chi connectivity index (χ3n) is 4.09. The second-order valence-corrected chi connectivity index (χ2v) is 7.50. The molecule has 0 aliphatic carbocycles. The largest absolute Gasteiger partial charge is 0.483 e. The van der Waals surface area contributed by atoms with Gasteiger partial charge in [0.05, 0.1) is 19.4 Å². The van der Waals surface area contributed by atoms with Crippen LogP contribution in [0.25, 0.3) is 5.70 Å². The summed E-state index contributed by atoms with van der Waals surface area (Å²) in [5, 5.41) is 6.32. The van der Waals surface area contributed by atoms with Crippen LogP contribution in [0, 0.1) is 6.92 Å². The number of methoxy groups -OCH3 is 1. The van der Waals surface area contributed by atoms with Gasteiger partial charge in [0.25, 0.3) is 5.91 Å². The number of alkyl halides is 2. The van der Waals surface area contributed by atoms with Gasteiger partial charge in [-0.15, -0.1) is 0 Å². The minimum atomic E-state index is -3.21. The predicted octanol–water partition coefficient (Wildman–Crippen LogP) is 3.88. The quantitative estimate of drug-likeness (QED) is 0.437. The molecular formula is C20H25F2N4O2P. The van der Waals surface area contributed by atoms with Gasteiger partial charge in [-0.1, -0.05) is 33.0 Å². The molecule has 0 spiro atoms. The van der Waals surface area contributed by atoms with Gasteiger partial charge in [-0.3, -0.25) is 9.48 Å². The first-order valence-electron chi connectivity index (χ1n) is 8.88. The van der Waals surface area contributed by atoms with Crippen LogP contribution < -0.4 is 5.32 Å². The van der Waals surface area contributed by atoms with Gasteiger partial charge in [0, 0.05) is 12.6 Å². The Morgan fingerprint density at radius 3 is 2.55 bits per heavy atom. The van der Waals surface area contributed by atoms with E-state index < -0.39 is 17.3 Å². The Morgan fingerprint density at radius 1 is 1.34 bits per heavy atom. The zero-order chi connectivity index (χ0) is 21.8. The number of ether oxygens (including phenoxy) is 1. The van der Waals surface area contributed by atoms with Crippen molar-refractivity contribution in [2.24, 2.45) is 12.0 Å². The summed E-state index contributed by atoms with van der Waals surface area (Å²) >= 11 is 0. The summed E-state index contributed by atoms with van der Waals surface area (Å²) < 4.78 is 33.2. The zero-order valence-electron chi connectivity index (χ0n) is 17.1. The van der Waals surface area contributed by atoms with Gasteiger partial charge in [-0.05, 0) is 38.5 Å². The van der Waals surface area contributed by atoms with Crippen molar-refractivity contribution in [2.75, 3.05) is 13.7 Å². The Kier molecular flexibility index (Phi) is 7.25. The fourth-order valence-electron chi connectivity index (χ4n) is 2.63. The molecule has 9 heteroatoms. The number of aryl methyl sites for hydroxylation is 2. The molecule has 1 atom stereocenters. The normalized spacial score (nSPS) is 11.9. The zero-order valence-corrected chi connectivity index (χ0v) is 18.2. The number of amides is 1. The Bertz CT molecular complexity index is 958. The van der Waals surface area contributed by atoms with E-state index >= 15 is 0 Å². The first-order chi connectivity index (χ1) is 13.5. The number of rotatable bonds is 6. The predicted molar refractivity (Wildman–Crippen MR) is 113 cm³/mol. The van der Waals surface area contributed by atoms with E-state index in [0.717, 1.165) is 33.1 Å². The highest BCUT2D eigenvalue weighted by Crippen LogP contribution is 2.33. The first kappa shape index (κ1) is 22.7. The summed E-state index contributed by atoms with van der Waals surface area (Å²) in [7, 11) is 4.29. The van der Waals surface area contributed by atoms with Crippen molar-refractivity contribution in [3.63, 3.8) is 0 Å². The van der Waals surface area contributed by atoms with Crippen LogP contribution >= 0.6 is 9.24 Å². The number of carbonyl (C=O) groups is 1. The van der Waals surface area contributed by atoms with Gasteiger partial charge >= 0.3 is 5.66 Å². The highest BCUT2D eigenvalue weighted by Gasteiger charge is 2.30. The second-order valence-electron chi connectivity index (χ2n) is 6.77. The van der Waals surface area contributed by atoms with E-state index in [0.29, 0.717) is 0 Å². The molecule has 0 saturated carbocycles. The monoisotopic (exact) mass is 422 g/mol. The van der Waals surface area contributed by atoms with E-state index in [9.17, 15) is 13.6 Å². The average Bonchev–Trinajstić information content (AvgIpc) is 3.03. The van der Waals surface area contributed by atoms with Gasteiger partial charge in [0.2, 0.25) is 5.90 Å². The fraction of sp³-hybridized carbons (Fsp3) is 0.350. The smallest absolute Gasteiger partial charge is 0.302 e. The highest BCUT2D eigenvalue weighted by molar-refractivity contribution is 7.17. The van der Waals surface area contributed by atoms with Crippen molar-refractivity contribution < 1.29 is 18.3 Å². The molecule has 0 saturated heterocycles. The molecule has 1 N–H and O–H groups in total. The molecule has 0 fully saturated rings. The van der Waals surface area contributed by atoms with Crippen LogP contribution in [-0.4, -0.2) is 35.2 Å². The van der Waals surface area contributed by atoms with Gasteiger partial charge in [-0.25, -0.2) is 4.99 Å². The van der Waals surface area contributed by atoms with Crippen LogP contribution in [-0.2, 0) is 17.4 Å². The molecule has 1 aromatic heterocycles. The third kappa shape index (κ3) is 5.94. The van der Waals surface area contributed by atoms with E-state index in [1.54, 1.807) is 0 Å². The number of nitrogens with zero attached hydrogens (tertiary/aromatic N) is 3. The number of carbonyl (C=O) groups excluding carboxylic acids is 1. The molecule has 6 nitrogen and oxygen atoms in total. The van der Waals surface area contributed by atoms with Gasteiger partial charge in [-0.2, -0.15) is 13.9 Å². The summed E-state index contributed by atoms with van der Waals surface area (Å²) in [6.45, 7) is 5.86. The molecule has 2 aromatic rings. The lowest BCUT2D eigenvalue weighted by atomic mass is 10.1. The first-order valence-corrected chi connectivity index (χ1v) is 9.46. The number of allylic oxidation sites excluding steroid dienone is 1. The minimum Gasteiger partial charge on any atom is -0.483 e. The number of aliphatic imine (C=N–C) groups is 1. The molecule has 1 aromatic carbocycles. The number of hydrogen-bond donors (Lipinski definition) is 1. The lowest BCUT2D eigenvalue weighted by molar-refractivity contribution is 0.0947. The molecule has 0 aliphatic rings. The Balaban J connectivity index is 2.20. The number of benzene rings is 1. The summed E-state index contributed by atoms with van der Waals surface area (Å²) in [5.41, 5.74) is 0.0645. The van der Waals surface area contributed by atoms with Crippen molar-refractivity contribution in [3.8, 4) is 0 Å². The van der Waals surface area contributed by atoms with Crippen molar-refractivity contribution in [2.45, 2.75) is 26.4 Å². The highest BCUT2D eigenvalue weighted by atomic mass is 31.0. The molecule has 29 heavy (non-hydrogen) atoms. The summed E-state index contributed by atoms with van der Waals surface area (Å²) in [6.07, 6.45) is 0. The maximum Gasteiger partial charge on any atom is 0.302 e. The molecule has 1 heterocycles. The molecule has 156 valence electrons. The lowest BCUT2D eigenvalue weighted by Crippen LogP contribution is -2.31. The van der Waals surface area contributed by atoms with Crippen LogP contribution in [0.1, 0.15) is 41.2 Å². The topological polar surface area (TPSA) is 68.5 Å². The average molecular weight is 422 g/mol. The summed E-state index contributed by atoms with van der Waals surface area (Å²) in [4.78, 5) is 17.0. The van der Waals surface area contributed by atoms with Crippen molar-refractivity contribution in [3.05, 3.63) is 58.4 Å². The Hall–Kier alpha value is -2.60. The number of halogens is 2. The van der Waals surface area contributed by atoms with E-state index in [1.165, 1.54) is 23.4 Å². The molecule has 0 aliphatic heterocycles. The SMILES string of the molecule is COC(CNC(=O)c1cc(C(F)(F)P)nn1C)=NC(=C(C)C)c1cccc(C)c1. The molecule has 1 unspecified atom stereocenters. The van der Waals surface area contributed by atoms with Crippen molar-refractivity contribution >= 4 is 26.7 Å². The van der Waals surface area contributed by atoms with Crippen LogP contribution in [0.3, 0.4) is 0 Å². The second kappa shape index (κ2) is 9.27. The van der Waals surface area contributed by atoms with Gasteiger partial charge in [0.15, 0.2) is 0 Å². The Morgan fingerprint density at radius 2 is 2.03 bits per heavy atom. The van der Waals surface area contributed by atoms with Gasteiger partial charge in [0.1, 0.15) is 11.4 Å². The van der Waals surface area contributed by atoms with E-state index in [2.05, 4.69) is 15.4 Å². The molecule has 1 amide bonds. The number of nitrogens with one attached hydrogen (secondary N) is 1. The fourth-order valence-corrected chi connectivity index (χ4v) is 2.77. The van der Waals surface area contributed by atoms with E-state index in [4.69, 9.17) is 4.74 Å². The number of aromatic nitrogens is 2. The van der Waals surface area contributed by atoms with Crippen LogP contribution in [0.15, 0.2) is 40.9 Å². The van der Waals surface area contributed by atoms with Crippen LogP contribution in [0.5, 0.6) is 0 Å². The molecule has 0 radical (unpaired) electrons. The van der Waals surface area contributed by atoms with Crippen LogP contribution in [0.2, 0.25) is 0 Å². The molecule has 0 bridgehead atoms. The van der Waals surface area contributed by atoms with E-state index in [-0.39, 0.29) is 18.1 Å². The standard InChI is InChI=1S/C20H25F2N4O2P/c1-12(2)18(14-8-6-7-13(3)9-14)24-17(28-5)11-23-19(27)15-10-16(20(21,22)29)25-26(15)4/h6-10H,11,29H2,1-5H3,(H,23,27). The third-order valence-corrected chi connectivity index (χ3v) is 4.39. The Labute approximate surface area is 171 Å². The minimum absolute atomic E-state index is 0.00426. The van der Waals surface area contributed by atoms with Crippen molar-refractivity contribution in [1.29, 1.82) is 0 Å². The maximum absolute atomic E-state index is 13.4. The summed E-state index contributed by atoms with van der Waals surface area (Å²) in [5.74, 6) is -0.269. The summed E-state index contributed by atoms with van der Waals surface area (Å²) in [6, 6.07) is 8.95. The van der Waals surface area contributed by atoms with Crippen molar-refractivity contribution in [1.82, 2.24) is 15.1 Å². The van der Waals surface area contributed by atoms with Crippen LogP contribution in [0.4, 0.5) is 8.78 Å². The maximum atomic E-state index is 13.4. The van der Waals surface area contributed by atoms with E-state index in [1.807, 2.05) is 45.0 Å². The molecular weight excluding hydrogens is 397 g/mol. The van der Waals surface area contributed by atoms with Gasteiger partial charge < -0.3 is 10.1 Å².